The Bertz CT molecular complexity index is 818. The number of hydrogen-bond donors (Lipinski definition) is 0. The first-order valence-electron chi connectivity index (χ1n) is 8.67. The number of carbonyl (C=O) groups is 1. The van der Waals surface area contributed by atoms with Crippen LogP contribution >= 0.6 is 7.26 Å². The van der Waals surface area contributed by atoms with Crippen LogP contribution in [0.4, 0.5) is 4.39 Å². The van der Waals surface area contributed by atoms with E-state index in [4.69, 9.17) is 0 Å². The van der Waals surface area contributed by atoms with Gasteiger partial charge < -0.3 is 21.7 Å². The first-order chi connectivity index (χ1) is 13.2. The monoisotopic (exact) mass is 458 g/mol. The average Bonchev–Trinajstić information content (AvgIpc) is 2.75. The largest absolute Gasteiger partial charge is 1.00 e. The highest BCUT2D eigenvalue weighted by Crippen LogP contribution is 2.55. The van der Waals surface area contributed by atoms with Gasteiger partial charge in [0.1, 0.15) is 23.2 Å². The Morgan fingerprint density at radius 1 is 0.821 bits per heavy atom. The first kappa shape index (κ1) is 22.0. The zero-order valence-corrected chi connectivity index (χ0v) is 17.9. The molecule has 0 amide bonds. The number of hydrogen-bond acceptors (Lipinski definition) is 2. The number of esters is 1. The molecule has 3 aromatic rings. The molecular weight excluding hydrogens is 438 g/mol. The van der Waals surface area contributed by atoms with Crippen LogP contribution in [0.1, 0.15) is 0 Å². The normalized spacial score (nSPS) is 11.4. The number of carbonyl (C=O) groups excluding carboxylic acids is 1. The summed E-state index contributed by atoms with van der Waals surface area (Å²) in [5, 5.41) is 3.41. The van der Waals surface area contributed by atoms with Crippen molar-refractivity contribution < 1.29 is 30.9 Å². The van der Waals surface area contributed by atoms with Crippen molar-refractivity contribution in [3.05, 3.63) is 103 Å². The Balaban J connectivity index is 0.00000280. The van der Waals surface area contributed by atoms with Gasteiger partial charge in [0.15, 0.2) is 0 Å². The molecule has 0 unspecified atom stereocenters. The number of ether oxygens (including phenoxy) is 1. The van der Waals surface area contributed by atoms with Crippen molar-refractivity contribution in [2.75, 3.05) is 13.3 Å². The Kier molecular flexibility index (Phi) is 8.10. The van der Waals surface area contributed by atoms with E-state index in [9.17, 15) is 9.18 Å². The molecule has 0 heterocycles. The number of halogens is 2. The standard InChI is InChI=1S/C23H21FO2P.BrH/c1-26-23(25)22(24)17-18-27(19-11-5-2-6-12-19,20-13-7-3-8-14-20)21-15-9-4-10-16-21;/h2-17H,18H2,1H3;1H/q+1;/p-1. The summed E-state index contributed by atoms with van der Waals surface area (Å²) in [5.41, 5.74) is 0. The van der Waals surface area contributed by atoms with Gasteiger partial charge in [0.25, 0.3) is 0 Å². The summed E-state index contributed by atoms with van der Waals surface area (Å²) in [5.74, 6) is -1.80. The molecule has 0 fully saturated rings. The molecule has 0 aliphatic heterocycles. The van der Waals surface area contributed by atoms with Crippen molar-refractivity contribution in [3.63, 3.8) is 0 Å². The lowest BCUT2D eigenvalue weighted by Gasteiger charge is -2.26. The number of benzene rings is 3. The molecule has 0 atom stereocenters. The van der Waals surface area contributed by atoms with E-state index >= 15 is 0 Å². The SMILES string of the molecule is COC(=O)C(F)=CC[P+](c1ccccc1)(c1ccccc1)c1ccccc1.[Br-]. The van der Waals surface area contributed by atoms with E-state index in [2.05, 4.69) is 41.1 Å². The molecule has 0 bridgehead atoms. The number of methoxy groups -OCH3 is 1. The summed E-state index contributed by atoms with van der Waals surface area (Å²) >= 11 is 0. The highest BCUT2D eigenvalue weighted by Gasteiger charge is 2.44. The van der Waals surface area contributed by atoms with Crippen LogP contribution in [0.5, 0.6) is 0 Å². The molecule has 2 nitrogen and oxygen atoms in total. The van der Waals surface area contributed by atoms with Gasteiger partial charge in [0.05, 0.1) is 13.3 Å². The van der Waals surface area contributed by atoms with Gasteiger partial charge in [0, 0.05) is 0 Å². The zero-order chi connectivity index (χ0) is 19.1. The predicted octanol–water partition coefficient (Wildman–Crippen LogP) is 1.01. The van der Waals surface area contributed by atoms with E-state index in [0.29, 0.717) is 6.16 Å². The molecule has 0 N–H and O–H groups in total. The molecule has 0 spiro atoms. The van der Waals surface area contributed by atoms with Gasteiger partial charge in [-0.1, -0.05) is 54.6 Å². The van der Waals surface area contributed by atoms with E-state index < -0.39 is 19.1 Å². The molecule has 0 aliphatic carbocycles. The van der Waals surface area contributed by atoms with Crippen LogP contribution in [0.2, 0.25) is 0 Å². The second-order valence-electron chi connectivity index (χ2n) is 6.04. The summed E-state index contributed by atoms with van der Waals surface area (Å²) in [7, 11) is -0.997. The summed E-state index contributed by atoms with van der Waals surface area (Å²) < 4.78 is 18.8. The number of rotatable bonds is 6. The van der Waals surface area contributed by atoms with Gasteiger partial charge in [-0.3, -0.25) is 0 Å². The lowest BCUT2D eigenvalue weighted by atomic mass is 10.4. The molecule has 3 aromatic carbocycles. The molecule has 144 valence electrons. The van der Waals surface area contributed by atoms with Gasteiger partial charge in [-0.2, -0.15) is 4.39 Å². The van der Waals surface area contributed by atoms with Crippen molar-refractivity contribution in [2.45, 2.75) is 0 Å². The topological polar surface area (TPSA) is 26.3 Å². The Hall–Kier alpha value is -2.29. The van der Waals surface area contributed by atoms with E-state index in [1.165, 1.54) is 13.2 Å². The minimum absolute atomic E-state index is 0. The van der Waals surface area contributed by atoms with Crippen LogP contribution in [0, 0.1) is 0 Å². The molecule has 0 saturated heterocycles. The fraction of sp³-hybridized carbons (Fsp3) is 0.0870. The number of allylic oxidation sites excluding steroid dienone is 1. The minimum atomic E-state index is -2.18. The summed E-state index contributed by atoms with van der Waals surface area (Å²) in [6.07, 6.45) is 1.76. The maximum atomic E-state index is 14.3. The third-order valence-electron chi connectivity index (χ3n) is 4.52. The maximum absolute atomic E-state index is 14.3. The lowest BCUT2D eigenvalue weighted by molar-refractivity contribution is -0.137. The maximum Gasteiger partial charge on any atom is 0.366 e. The van der Waals surface area contributed by atoms with Crippen LogP contribution in [0.15, 0.2) is 103 Å². The van der Waals surface area contributed by atoms with E-state index in [-0.39, 0.29) is 17.0 Å². The van der Waals surface area contributed by atoms with Crippen molar-refractivity contribution in [3.8, 4) is 0 Å². The van der Waals surface area contributed by atoms with Gasteiger partial charge in [0.2, 0.25) is 5.83 Å². The molecule has 28 heavy (non-hydrogen) atoms. The van der Waals surface area contributed by atoms with Gasteiger partial charge in [-0.25, -0.2) is 4.79 Å². The lowest BCUT2D eigenvalue weighted by Crippen LogP contribution is -3.00. The molecular formula is C23H21BrFO2P. The molecule has 0 aliphatic rings. The zero-order valence-electron chi connectivity index (χ0n) is 15.5. The summed E-state index contributed by atoms with van der Waals surface area (Å²) in [4.78, 5) is 11.6. The highest BCUT2D eigenvalue weighted by atomic mass is 79.9. The van der Waals surface area contributed by atoms with E-state index in [0.717, 1.165) is 15.9 Å². The van der Waals surface area contributed by atoms with E-state index in [1.807, 2.05) is 54.6 Å². The molecule has 3 rings (SSSR count). The molecule has 0 saturated carbocycles. The molecule has 0 radical (unpaired) electrons. The van der Waals surface area contributed by atoms with Gasteiger partial charge in [-0.05, 0) is 42.5 Å². The minimum Gasteiger partial charge on any atom is -1.00 e. The smallest absolute Gasteiger partial charge is 0.366 e. The van der Waals surface area contributed by atoms with E-state index in [1.54, 1.807) is 0 Å². The van der Waals surface area contributed by atoms with Crippen LogP contribution < -0.4 is 32.9 Å². The predicted molar refractivity (Wildman–Crippen MR) is 111 cm³/mol. The highest BCUT2D eigenvalue weighted by molar-refractivity contribution is 7.95. The fourth-order valence-electron chi connectivity index (χ4n) is 3.21. The summed E-state index contributed by atoms with van der Waals surface area (Å²) in [6.45, 7) is 0. The Labute approximate surface area is 176 Å². The van der Waals surface area contributed by atoms with Crippen molar-refractivity contribution in [1.82, 2.24) is 0 Å². The molecule has 5 heteroatoms. The Morgan fingerprint density at radius 2 is 1.18 bits per heavy atom. The second kappa shape index (κ2) is 10.3. The van der Waals surface area contributed by atoms with Crippen LogP contribution in [-0.4, -0.2) is 19.2 Å². The third kappa shape index (κ3) is 4.57. The summed E-state index contributed by atoms with van der Waals surface area (Å²) in [6, 6.07) is 30.4. The fourth-order valence-corrected chi connectivity index (χ4v) is 7.21. The van der Waals surface area contributed by atoms with Gasteiger partial charge in [-0.15, -0.1) is 0 Å². The van der Waals surface area contributed by atoms with Crippen molar-refractivity contribution in [2.24, 2.45) is 0 Å². The van der Waals surface area contributed by atoms with Gasteiger partial charge >= 0.3 is 5.97 Å². The first-order valence-corrected chi connectivity index (χ1v) is 10.6. The van der Waals surface area contributed by atoms with Crippen LogP contribution in [0.25, 0.3) is 0 Å². The Morgan fingerprint density at radius 3 is 1.50 bits per heavy atom. The van der Waals surface area contributed by atoms with Crippen LogP contribution in [0.3, 0.4) is 0 Å². The van der Waals surface area contributed by atoms with Crippen molar-refractivity contribution >= 4 is 29.1 Å². The molecule has 0 aromatic heterocycles. The van der Waals surface area contributed by atoms with Crippen molar-refractivity contribution in [1.29, 1.82) is 0 Å². The quantitative estimate of drug-likeness (QED) is 0.313. The second-order valence-corrected chi connectivity index (χ2v) is 9.58. The third-order valence-corrected chi connectivity index (χ3v) is 8.79. The average molecular weight is 459 g/mol. The van der Waals surface area contributed by atoms with Crippen LogP contribution in [-0.2, 0) is 9.53 Å².